The van der Waals surface area contributed by atoms with Crippen molar-refractivity contribution in [1.29, 1.82) is 0 Å². The molecular weight excluding hydrogens is 164 g/mol. The molecule has 13 heavy (non-hydrogen) atoms. The van der Waals surface area contributed by atoms with Gasteiger partial charge in [0.25, 0.3) is 0 Å². The number of likely N-dealkylation sites (N-methyl/N-ethyl adjacent to an activating group) is 1. The molecule has 1 saturated carbocycles. The van der Waals surface area contributed by atoms with Crippen LogP contribution in [0.15, 0.2) is 0 Å². The molecule has 2 atom stereocenters. The zero-order valence-corrected chi connectivity index (χ0v) is 8.84. The molecule has 0 aromatic rings. The van der Waals surface area contributed by atoms with Crippen molar-refractivity contribution in [2.75, 3.05) is 20.6 Å². The van der Waals surface area contributed by atoms with Gasteiger partial charge in [0.05, 0.1) is 6.54 Å². The standard InChI is InChI=1S/C10H20N2O/c1-8-5-4-6-9(8)11-7-10(13)12(2)3/h8-9,11H,4-7H2,1-3H3. The molecule has 1 aliphatic carbocycles. The highest BCUT2D eigenvalue weighted by Crippen LogP contribution is 2.24. The summed E-state index contributed by atoms with van der Waals surface area (Å²) >= 11 is 0. The van der Waals surface area contributed by atoms with Gasteiger partial charge < -0.3 is 10.2 Å². The average Bonchev–Trinajstić information content (AvgIpc) is 2.47. The number of hydrogen-bond acceptors (Lipinski definition) is 2. The summed E-state index contributed by atoms with van der Waals surface area (Å²) in [5.74, 6) is 0.897. The Kier molecular flexibility index (Phi) is 3.72. The van der Waals surface area contributed by atoms with Crippen LogP contribution in [0.3, 0.4) is 0 Å². The van der Waals surface area contributed by atoms with Gasteiger partial charge in [-0.1, -0.05) is 13.3 Å². The van der Waals surface area contributed by atoms with Crippen LogP contribution in [0.5, 0.6) is 0 Å². The summed E-state index contributed by atoms with van der Waals surface area (Å²) in [6, 6.07) is 0.559. The highest BCUT2D eigenvalue weighted by atomic mass is 16.2. The van der Waals surface area contributed by atoms with Crippen molar-refractivity contribution >= 4 is 5.91 Å². The molecular formula is C10H20N2O. The molecule has 1 rings (SSSR count). The van der Waals surface area contributed by atoms with Gasteiger partial charge in [-0.15, -0.1) is 0 Å². The normalized spacial score (nSPS) is 27.6. The molecule has 76 valence electrons. The average molecular weight is 184 g/mol. The van der Waals surface area contributed by atoms with Crippen molar-refractivity contribution in [2.45, 2.75) is 32.2 Å². The number of amides is 1. The maximum absolute atomic E-state index is 11.3. The van der Waals surface area contributed by atoms with Crippen molar-refractivity contribution in [3.63, 3.8) is 0 Å². The molecule has 1 fully saturated rings. The van der Waals surface area contributed by atoms with Crippen LogP contribution in [0.2, 0.25) is 0 Å². The van der Waals surface area contributed by atoms with Crippen LogP contribution in [-0.2, 0) is 4.79 Å². The third-order valence-electron chi connectivity index (χ3n) is 2.88. The highest BCUT2D eigenvalue weighted by molar-refractivity contribution is 5.77. The first-order valence-electron chi connectivity index (χ1n) is 5.05. The van der Waals surface area contributed by atoms with Crippen LogP contribution in [0.25, 0.3) is 0 Å². The molecule has 1 amide bonds. The van der Waals surface area contributed by atoms with Crippen LogP contribution in [0.4, 0.5) is 0 Å². The van der Waals surface area contributed by atoms with Gasteiger partial charge in [-0.25, -0.2) is 0 Å². The fourth-order valence-corrected chi connectivity index (χ4v) is 1.83. The minimum Gasteiger partial charge on any atom is -0.348 e. The Labute approximate surface area is 80.5 Å². The second-order valence-corrected chi connectivity index (χ2v) is 4.18. The Morgan fingerprint density at radius 1 is 1.46 bits per heavy atom. The van der Waals surface area contributed by atoms with Gasteiger partial charge in [0.15, 0.2) is 0 Å². The fourth-order valence-electron chi connectivity index (χ4n) is 1.83. The summed E-state index contributed by atoms with van der Waals surface area (Å²) in [5.41, 5.74) is 0. The molecule has 0 bridgehead atoms. The van der Waals surface area contributed by atoms with Crippen molar-refractivity contribution in [1.82, 2.24) is 10.2 Å². The molecule has 3 heteroatoms. The molecule has 0 aliphatic heterocycles. The second kappa shape index (κ2) is 4.61. The van der Waals surface area contributed by atoms with E-state index in [1.54, 1.807) is 19.0 Å². The van der Waals surface area contributed by atoms with Crippen LogP contribution in [0, 0.1) is 5.92 Å². The first-order valence-corrected chi connectivity index (χ1v) is 5.05. The molecule has 0 aromatic carbocycles. The van der Waals surface area contributed by atoms with Crippen molar-refractivity contribution in [2.24, 2.45) is 5.92 Å². The number of rotatable bonds is 3. The van der Waals surface area contributed by atoms with Gasteiger partial charge in [-0.3, -0.25) is 4.79 Å². The van der Waals surface area contributed by atoms with E-state index in [0.717, 1.165) is 5.92 Å². The van der Waals surface area contributed by atoms with Crippen molar-refractivity contribution < 1.29 is 4.79 Å². The van der Waals surface area contributed by atoms with Crippen LogP contribution in [0.1, 0.15) is 26.2 Å². The lowest BCUT2D eigenvalue weighted by Crippen LogP contribution is -2.39. The van der Waals surface area contributed by atoms with E-state index in [2.05, 4.69) is 12.2 Å². The van der Waals surface area contributed by atoms with Gasteiger partial charge in [-0.2, -0.15) is 0 Å². The zero-order chi connectivity index (χ0) is 9.84. The lowest BCUT2D eigenvalue weighted by atomic mass is 10.1. The molecule has 0 radical (unpaired) electrons. The third kappa shape index (κ3) is 2.99. The predicted molar refractivity (Wildman–Crippen MR) is 53.5 cm³/mol. The van der Waals surface area contributed by atoms with Gasteiger partial charge in [0.2, 0.25) is 5.91 Å². The molecule has 1 N–H and O–H groups in total. The molecule has 2 unspecified atom stereocenters. The smallest absolute Gasteiger partial charge is 0.236 e. The third-order valence-corrected chi connectivity index (χ3v) is 2.88. The molecule has 0 aromatic heterocycles. The summed E-state index contributed by atoms with van der Waals surface area (Å²) in [4.78, 5) is 12.9. The quantitative estimate of drug-likeness (QED) is 0.705. The minimum atomic E-state index is 0.166. The molecule has 3 nitrogen and oxygen atoms in total. The lowest BCUT2D eigenvalue weighted by molar-refractivity contribution is -0.127. The Morgan fingerprint density at radius 2 is 2.15 bits per heavy atom. The van der Waals surface area contributed by atoms with E-state index < -0.39 is 0 Å². The topological polar surface area (TPSA) is 32.3 Å². The first-order chi connectivity index (χ1) is 6.11. The maximum Gasteiger partial charge on any atom is 0.236 e. The monoisotopic (exact) mass is 184 g/mol. The largest absolute Gasteiger partial charge is 0.348 e. The summed E-state index contributed by atoms with van der Waals surface area (Å²) < 4.78 is 0. The van der Waals surface area contributed by atoms with E-state index in [1.807, 2.05) is 0 Å². The van der Waals surface area contributed by atoms with E-state index in [-0.39, 0.29) is 5.91 Å². The van der Waals surface area contributed by atoms with Crippen LogP contribution < -0.4 is 5.32 Å². The predicted octanol–water partition coefficient (Wildman–Crippen LogP) is 0.853. The molecule has 1 aliphatic rings. The Balaban J connectivity index is 2.22. The summed E-state index contributed by atoms with van der Waals surface area (Å²) in [5, 5.41) is 3.32. The Morgan fingerprint density at radius 3 is 2.62 bits per heavy atom. The summed E-state index contributed by atoms with van der Waals surface area (Å²) in [7, 11) is 3.59. The Bertz CT molecular complexity index is 180. The van der Waals surface area contributed by atoms with Gasteiger partial charge in [-0.05, 0) is 18.8 Å². The summed E-state index contributed by atoms with van der Waals surface area (Å²) in [6.45, 7) is 2.74. The lowest BCUT2D eigenvalue weighted by Gasteiger charge is -2.18. The van der Waals surface area contributed by atoms with Crippen molar-refractivity contribution in [3.05, 3.63) is 0 Å². The number of hydrogen-bond donors (Lipinski definition) is 1. The number of nitrogens with zero attached hydrogens (tertiary/aromatic N) is 1. The molecule has 0 spiro atoms. The van der Waals surface area contributed by atoms with Crippen molar-refractivity contribution in [3.8, 4) is 0 Å². The van der Waals surface area contributed by atoms with E-state index >= 15 is 0 Å². The van der Waals surface area contributed by atoms with Gasteiger partial charge in [0.1, 0.15) is 0 Å². The van der Waals surface area contributed by atoms with Crippen LogP contribution in [-0.4, -0.2) is 37.5 Å². The minimum absolute atomic E-state index is 0.166. The second-order valence-electron chi connectivity index (χ2n) is 4.18. The fraction of sp³-hybridized carbons (Fsp3) is 0.900. The van der Waals surface area contributed by atoms with E-state index in [1.165, 1.54) is 19.3 Å². The summed E-state index contributed by atoms with van der Waals surface area (Å²) in [6.07, 6.45) is 3.82. The molecule has 0 saturated heterocycles. The van der Waals surface area contributed by atoms with E-state index in [4.69, 9.17) is 0 Å². The van der Waals surface area contributed by atoms with E-state index in [0.29, 0.717) is 12.6 Å². The highest BCUT2D eigenvalue weighted by Gasteiger charge is 2.23. The van der Waals surface area contributed by atoms with Crippen LogP contribution >= 0.6 is 0 Å². The van der Waals surface area contributed by atoms with Gasteiger partial charge in [0, 0.05) is 20.1 Å². The zero-order valence-electron chi connectivity index (χ0n) is 8.84. The van der Waals surface area contributed by atoms with Gasteiger partial charge >= 0.3 is 0 Å². The maximum atomic E-state index is 11.3. The Hall–Kier alpha value is -0.570. The number of carbonyl (C=O) groups is 1. The van der Waals surface area contributed by atoms with E-state index in [9.17, 15) is 4.79 Å². The SMILES string of the molecule is CC1CCCC1NCC(=O)N(C)C. The number of nitrogens with one attached hydrogen (secondary N) is 1. The molecule has 0 heterocycles. The number of carbonyl (C=O) groups excluding carboxylic acids is 1. The first kappa shape index (κ1) is 10.5.